The summed E-state index contributed by atoms with van der Waals surface area (Å²) >= 11 is -0.846. The van der Waals surface area contributed by atoms with Crippen molar-refractivity contribution in [3.8, 4) is 0 Å². The van der Waals surface area contributed by atoms with E-state index in [4.69, 9.17) is 14.2 Å². The molecule has 4 nitrogen and oxygen atoms in total. The predicted molar refractivity (Wildman–Crippen MR) is 299 cm³/mol. The Kier molecular flexibility index (Phi) is 36.5. The first-order valence-corrected chi connectivity index (χ1v) is 33.0. The standard InChI is InChI=1S/C38H70INO2.C20H40O.C2H6/c1-7-31(2)16-12-13-17-33-18-19-36-38(4)23-20-32-30-34(21-24-37(32,3)35(38)22-25-39(33)36)42-28-15-11-9-8-10-14-27-41-29-26-40(5)6;1-3-4-5-6-7-8-9-10-11-12-13-14-15-16-17-18-19-20-21-2;1-2/h20,31,33-36H,7-19,21-30H2,1-6H3;11-12H,3-10,13-20H2,1-2H3;1-2H3. The number of fused-ring (bicyclic) bond motifs is 5. The number of methoxy groups -OCH3 is 1. The van der Waals surface area contributed by atoms with E-state index in [1.54, 1.807) is 42.8 Å². The molecule has 0 aromatic heterocycles. The van der Waals surface area contributed by atoms with Crippen LogP contribution in [0, 0.1) is 22.7 Å². The Balaban J connectivity index is 0.000000534. The van der Waals surface area contributed by atoms with Gasteiger partial charge in [-0.05, 0) is 52.6 Å². The molecule has 1 saturated carbocycles. The van der Waals surface area contributed by atoms with Gasteiger partial charge in [-0.2, -0.15) is 0 Å². The van der Waals surface area contributed by atoms with Gasteiger partial charge in [0.2, 0.25) is 0 Å². The molecule has 0 bridgehead atoms. The number of ether oxygens (including phenoxy) is 3. The maximum atomic E-state index is 6.52. The van der Waals surface area contributed by atoms with E-state index in [2.05, 4.69) is 71.8 Å². The molecule has 2 aliphatic heterocycles. The van der Waals surface area contributed by atoms with Crippen molar-refractivity contribution in [2.75, 3.05) is 58.6 Å². The Labute approximate surface area is 415 Å². The zero-order valence-electron chi connectivity index (χ0n) is 45.7. The minimum Gasteiger partial charge on any atom is -0.385 e. The first kappa shape index (κ1) is 61.2. The van der Waals surface area contributed by atoms with Crippen molar-refractivity contribution in [3.63, 3.8) is 0 Å². The zero-order valence-corrected chi connectivity index (χ0v) is 47.9. The molecule has 2 aliphatic carbocycles. The molecule has 7 atom stereocenters. The van der Waals surface area contributed by atoms with Crippen LogP contribution in [0.4, 0.5) is 0 Å². The summed E-state index contributed by atoms with van der Waals surface area (Å²) in [6, 6.07) is 0. The predicted octanol–water partition coefficient (Wildman–Crippen LogP) is 18.6. The monoisotopic (exact) mass is 1030 g/mol. The average Bonchev–Trinajstić information content (AvgIpc) is 3.74. The molecule has 7 unspecified atom stereocenters. The molecular formula is C60H116INO3. The fourth-order valence-corrected chi connectivity index (χ4v) is 22.2. The van der Waals surface area contributed by atoms with Gasteiger partial charge >= 0.3 is 208 Å². The molecule has 0 N–H and O–H groups in total. The van der Waals surface area contributed by atoms with E-state index in [-0.39, 0.29) is 0 Å². The smallest absolute Gasteiger partial charge is 0.0462 e. The van der Waals surface area contributed by atoms with E-state index >= 15 is 0 Å². The zero-order chi connectivity index (χ0) is 47.4. The van der Waals surface area contributed by atoms with E-state index in [1.165, 1.54) is 190 Å². The fraction of sp³-hybridized carbons (Fsp3) is 0.933. The molecule has 4 rings (SSSR count). The van der Waals surface area contributed by atoms with Gasteiger partial charge in [-0.3, -0.25) is 0 Å². The molecule has 0 radical (unpaired) electrons. The number of unbranched alkanes of at least 4 members (excludes halogenated alkanes) is 19. The summed E-state index contributed by atoms with van der Waals surface area (Å²) in [5, 5.41) is 0. The topological polar surface area (TPSA) is 30.9 Å². The van der Waals surface area contributed by atoms with Crippen LogP contribution in [0.15, 0.2) is 23.8 Å². The van der Waals surface area contributed by atoms with Crippen molar-refractivity contribution >= 4 is 19.8 Å². The van der Waals surface area contributed by atoms with Crippen molar-refractivity contribution in [2.24, 2.45) is 22.7 Å². The van der Waals surface area contributed by atoms with Gasteiger partial charge in [0.25, 0.3) is 0 Å². The van der Waals surface area contributed by atoms with Crippen LogP contribution in [0.3, 0.4) is 0 Å². The minimum atomic E-state index is -0.846. The van der Waals surface area contributed by atoms with Crippen LogP contribution in [0.5, 0.6) is 0 Å². The van der Waals surface area contributed by atoms with E-state index in [0.29, 0.717) is 16.9 Å². The number of hydrogen-bond donors (Lipinski definition) is 0. The molecule has 0 aromatic carbocycles. The van der Waals surface area contributed by atoms with Gasteiger partial charge < -0.3 is 14.4 Å². The summed E-state index contributed by atoms with van der Waals surface area (Å²) in [6.07, 6.45) is 53.9. The van der Waals surface area contributed by atoms with Gasteiger partial charge in [0.05, 0.1) is 6.61 Å². The van der Waals surface area contributed by atoms with Gasteiger partial charge in [0.1, 0.15) is 0 Å². The van der Waals surface area contributed by atoms with Crippen LogP contribution in [0.1, 0.15) is 260 Å². The van der Waals surface area contributed by atoms with E-state index in [1.807, 2.05) is 13.8 Å². The largest absolute Gasteiger partial charge is 0.385 e. The number of halogens is 1. The number of hydrogen-bond acceptors (Lipinski definition) is 4. The second-order valence-electron chi connectivity index (χ2n) is 21.8. The Morgan fingerprint density at radius 2 is 1.31 bits per heavy atom. The SMILES string of the molecule is CC.CCC(C)CCCCC1CCC2I1CCC1C3(C)CCC(OCCCCCCCCOCCN(C)C)CC3=CCC21C.CCCCCCCCCC=CCCCCCCCCOC. The maximum Gasteiger partial charge on any atom is 0.0462 e. The summed E-state index contributed by atoms with van der Waals surface area (Å²) in [5.74, 6) is 1.87. The third-order valence-electron chi connectivity index (χ3n) is 16.3. The molecule has 5 heteroatoms. The van der Waals surface area contributed by atoms with E-state index < -0.39 is 19.8 Å². The summed E-state index contributed by atoms with van der Waals surface area (Å²) in [7, 11) is 6.00. The van der Waals surface area contributed by atoms with Gasteiger partial charge in [-0.15, -0.1) is 0 Å². The van der Waals surface area contributed by atoms with Crippen molar-refractivity contribution in [3.05, 3.63) is 23.8 Å². The van der Waals surface area contributed by atoms with Gasteiger partial charge in [0, 0.05) is 26.9 Å². The first-order chi connectivity index (χ1) is 31.7. The van der Waals surface area contributed by atoms with Crippen molar-refractivity contribution in [1.29, 1.82) is 0 Å². The minimum absolute atomic E-state index is 0.458. The summed E-state index contributed by atoms with van der Waals surface area (Å²) in [5.41, 5.74) is 2.87. The fourth-order valence-electron chi connectivity index (χ4n) is 11.9. The van der Waals surface area contributed by atoms with Crippen molar-refractivity contribution in [2.45, 2.75) is 274 Å². The molecule has 0 spiro atoms. The van der Waals surface area contributed by atoms with Gasteiger partial charge in [-0.25, -0.2) is 0 Å². The van der Waals surface area contributed by atoms with Crippen LogP contribution in [0.25, 0.3) is 0 Å². The second-order valence-corrected chi connectivity index (χ2v) is 28.6. The van der Waals surface area contributed by atoms with Gasteiger partial charge in [-0.1, -0.05) is 110 Å². The third-order valence-corrected chi connectivity index (χ3v) is 25.7. The van der Waals surface area contributed by atoms with Crippen LogP contribution in [-0.4, -0.2) is 77.5 Å². The molecule has 0 aromatic rings. The molecule has 386 valence electrons. The normalized spacial score (nSPS) is 25.9. The van der Waals surface area contributed by atoms with E-state index in [9.17, 15) is 0 Å². The number of alkyl halides is 3. The Hall–Kier alpha value is 0.0500. The Morgan fingerprint density at radius 1 is 0.708 bits per heavy atom. The van der Waals surface area contributed by atoms with Crippen molar-refractivity contribution in [1.82, 2.24) is 4.90 Å². The molecule has 2 heterocycles. The van der Waals surface area contributed by atoms with Crippen LogP contribution in [-0.2, 0) is 14.2 Å². The number of allylic oxidation sites excluding steroid dienone is 3. The first-order valence-electron chi connectivity index (χ1n) is 29.0. The summed E-state index contributed by atoms with van der Waals surface area (Å²) in [4.78, 5) is 2.18. The molecule has 3 fully saturated rings. The molecule has 65 heavy (non-hydrogen) atoms. The molecule has 4 aliphatic rings. The van der Waals surface area contributed by atoms with Crippen LogP contribution >= 0.6 is 19.8 Å². The maximum absolute atomic E-state index is 6.52. The summed E-state index contributed by atoms with van der Waals surface area (Å²) in [6.45, 7) is 21.3. The number of nitrogens with zero attached hydrogens (tertiary/aromatic N) is 1. The third kappa shape index (κ3) is 24.6. The number of likely N-dealkylation sites (N-methyl/N-ethyl adjacent to an activating group) is 1. The van der Waals surface area contributed by atoms with Crippen LogP contribution in [0.2, 0.25) is 0 Å². The molecule has 0 amide bonds. The summed E-state index contributed by atoms with van der Waals surface area (Å²) < 4.78 is 21.3. The molecule has 2 saturated heterocycles. The van der Waals surface area contributed by atoms with Gasteiger partial charge in [0.15, 0.2) is 0 Å². The molecular weight excluding hydrogens is 910 g/mol. The van der Waals surface area contributed by atoms with Crippen LogP contribution < -0.4 is 0 Å². The van der Waals surface area contributed by atoms with E-state index in [0.717, 1.165) is 48.7 Å². The second kappa shape index (κ2) is 38.8. The quantitative estimate of drug-likeness (QED) is 0.0271. The number of rotatable bonds is 36. The Morgan fingerprint density at radius 3 is 1.92 bits per heavy atom. The average molecular weight is 1030 g/mol. The van der Waals surface area contributed by atoms with Crippen molar-refractivity contribution < 1.29 is 14.2 Å². The Bertz CT molecular complexity index is 1160.